The van der Waals surface area contributed by atoms with Gasteiger partial charge >= 0.3 is 5.97 Å². The number of aryl methyl sites for hydroxylation is 1. The van der Waals surface area contributed by atoms with Crippen LogP contribution in [0, 0.1) is 18.6 Å². The van der Waals surface area contributed by atoms with Crippen LogP contribution in [0.15, 0.2) is 30.9 Å². The lowest BCUT2D eigenvalue weighted by Crippen LogP contribution is -2.19. The van der Waals surface area contributed by atoms with Crippen molar-refractivity contribution >= 4 is 17.6 Å². The summed E-state index contributed by atoms with van der Waals surface area (Å²) in [5.41, 5.74) is 0.563. The molecule has 1 atom stereocenters. The summed E-state index contributed by atoms with van der Waals surface area (Å²) in [7, 11) is 1.31. The van der Waals surface area contributed by atoms with E-state index in [-0.39, 0.29) is 47.8 Å². The molecule has 9 nitrogen and oxygen atoms in total. The first-order valence-electron chi connectivity index (χ1n) is 9.78. The molecule has 3 rings (SSSR count). The lowest BCUT2D eigenvalue weighted by atomic mass is 10.1. The molecule has 0 bridgehead atoms. The predicted octanol–water partition coefficient (Wildman–Crippen LogP) is 3.72. The van der Waals surface area contributed by atoms with Crippen LogP contribution in [0.4, 0.5) is 20.4 Å². The molecule has 0 aliphatic rings. The van der Waals surface area contributed by atoms with Crippen LogP contribution in [0.2, 0.25) is 0 Å². The minimum Gasteiger partial charge on any atom is -0.494 e. The molecule has 0 radical (unpaired) electrons. The molecule has 0 aliphatic carbocycles. The second-order valence-electron chi connectivity index (χ2n) is 6.80. The van der Waals surface area contributed by atoms with Gasteiger partial charge in [-0.3, -0.25) is 4.68 Å². The van der Waals surface area contributed by atoms with Crippen molar-refractivity contribution < 1.29 is 27.8 Å². The molecule has 170 valence electrons. The fourth-order valence-corrected chi connectivity index (χ4v) is 2.81. The number of esters is 1. The Labute approximate surface area is 183 Å². The Hall–Kier alpha value is -3.76. The maximum atomic E-state index is 14.4. The van der Waals surface area contributed by atoms with Crippen molar-refractivity contribution in [1.82, 2.24) is 19.7 Å². The highest BCUT2D eigenvalue weighted by Crippen LogP contribution is 2.27. The van der Waals surface area contributed by atoms with E-state index in [1.165, 1.54) is 43.4 Å². The van der Waals surface area contributed by atoms with Gasteiger partial charge in [-0.25, -0.2) is 23.5 Å². The molecule has 32 heavy (non-hydrogen) atoms. The highest BCUT2D eigenvalue weighted by molar-refractivity contribution is 5.73. The molecule has 1 aromatic carbocycles. The van der Waals surface area contributed by atoms with Crippen molar-refractivity contribution in [3.63, 3.8) is 0 Å². The van der Waals surface area contributed by atoms with Gasteiger partial charge in [-0.05, 0) is 32.4 Å². The van der Waals surface area contributed by atoms with E-state index in [4.69, 9.17) is 14.2 Å². The van der Waals surface area contributed by atoms with Crippen LogP contribution in [0.25, 0.3) is 0 Å². The van der Waals surface area contributed by atoms with E-state index in [9.17, 15) is 13.6 Å². The Bertz CT molecular complexity index is 1090. The summed E-state index contributed by atoms with van der Waals surface area (Å²) in [6.07, 6.45) is 5.86. The third kappa shape index (κ3) is 5.10. The van der Waals surface area contributed by atoms with E-state index in [2.05, 4.69) is 20.4 Å². The minimum absolute atomic E-state index is 0.0591. The number of aromatic nitrogens is 4. The number of hydrogen-bond donors (Lipinski definition) is 1. The molecule has 0 saturated carbocycles. The zero-order valence-corrected chi connectivity index (χ0v) is 18.1. The van der Waals surface area contributed by atoms with Gasteiger partial charge in [0.15, 0.2) is 17.3 Å². The van der Waals surface area contributed by atoms with E-state index < -0.39 is 17.7 Å². The third-order valence-corrected chi connectivity index (χ3v) is 4.55. The van der Waals surface area contributed by atoms with E-state index in [0.29, 0.717) is 5.69 Å². The topological polar surface area (TPSA) is 100 Å². The Kier molecular flexibility index (Phi) is 7.18. The second kappa shape index (κ2) is 10.0. The van der Waals surface area contributed by atoms with Crippen LogP contribution in [-0.4, -0.2) is 39.4 Å². The summed E-state index contributed by atoms with van der Waals surface area (Å²) in [5.74, 6) is -1.49. The number of carbonyl (C=O) groups excluding carboxylic acids is 1. The molecule has 2 heterocycles. The maximum absolute atomic E-state index is 14.4. The van der Waals surface area contributed by atoms with Gasteiger partial charge in [-0.15, -0.1) is 0 Å². The van der Waals surface area contributed by atoms with Gasteiger partial charge in [0.2, 0.25) is 5.95 Å². The second-order valence-corrected chi connectivity index (χ2v) is 6.80. The lowest BCUT2D eigenvalue weighted by molar-refractivity contribution is -0.146. The van der Waals surface area contributed by atoms with E-state index >= 15 is 0 Å². The lowest BCUT2D eigenvalue weighted by Gasteiger charge is -2.12. The fraction of sp³-hybridized carbons (Fsp3) is 0.333. The highest BCUT2D eigenvalue weighted by Gasteiger charge is 2.19. The molecule has 0 spiro atoms. The zero-order valence-electron chi connectivity index (χ0n) is 18.1. The van der Waals surface area contributed by atoms with Crippen LogP contribution in [-0.2, 0) is 16.1 Å². The molecule has 1 unspecified atom stereocenters. The Balaban J connectivity index is 1.63. The highest BCUT2D eigenvalue weighted by atomic mass is 19.1. The number of nitrogens with zero attached hydrogens (tertiary/aromatic N) is 4. The average Bonchev–Trinajstić information content (AvgIpc) is 3.25. The van der Waals surface area contributed by atoms with E-state index in [0.717, 1.165) is 0 Å². The Morgan fingerprint density at radius 1 is 1.22 bits per heavy atom. The number of benzene rings is 1. The average molecular weight is 447 g/mol. The van der Waals surface area contributed by atoms with Gasteiger partial charge in [-0.1, -0.05) is 0 Å². The fourth-order valence-electron chi connectivity index (χ4n) is 2.81. The first kappa shape index (κ1) is 22.9. The van der Waals surface area contributed by atoms with Gasteiger partial charge in [0.05, 0.1) is 43.6 Å². The minimum atomic E-state index is -0.816. The summed E-state index contributed by atoms with van der Waals surface area (Å²) < 4.78 is 45.4. The summed E-state index contributed by atoms with van der Waals surface area (Å²) >= 11 is 0. The number of methoxy groups -OCH3 is 1. The number of halogens is 2. The maximum Gasteiger partial charge on any atom is 0.330 e. The van der Waals surface area contributed by atoms with Crippen molar-refractivity contribution in [2.24, 2.45) is 0 Å². The van der Waals surface area contributed by atoms with Crippen LogP contribution in [0.5, 0.6) is 11.5 Å². The van der Waals surface area contributed by atoms with Crippen molar-refractivity contribution in [3.05, 3.63) is 53.6 Å². The van der Waals surface area contributed by atoms with Gasteiger partial charge in [0, 0.05) is 6.20 Å². The first-order valence-corrected chi connectivity index (χ1v) is 9.78. The molecule has 0 saturated heterocycles. The molecule has 3 aromatic rings. The SMILES string of the molecule is CCOC(=O)C(C)n1cc(Nc2ncc(OCc3c(F)c(C)cc(OC)c3F)cn2)cn1. The standard InChI is InChI=1S/C21H23F2N5O4/c1-5-31-20(29)13(3)28-10-14(7-26-28)27-21-24-8-15(9-25-21)32-11-16-18(22)12(2)6-17(30-4)19(16)23/h6-10,13H,5,11H2,1-4H3,(H,24,25,27). The van der Waals surface area contributed by atoms with E-state index in [1.54, 1.807) is 20.0 Å². The van der Waals surface area contributed by atoms with Crippen LogP contribution in [0.3, 0.4) is 0 Å². The smallest absolute Gasteiger partial charge is 0.330 e. The van der Waals surface area contributed by atoms with Gasteiger partial charge in [-0.2, -0.15) is 5.10 Å². The van der Waals surface area contributed by atoms with E-state index in [1.807, 2.05) is 0 Å². The van der Waals surface area contributed by atoms with Crippen molar-refractivity contribution in [2.45, 2.75) is 33.4 Å². The summed E-state index contributed by atoms with van der Waals surface area (Å²) in [6, 6.07) is 0.705. The largest absolute Gasteiger partial charge is 0.494 e. The summed E-state index contributed by atoms with van der Waals surface area (Å²) in [6.45, 7) is 4.85. The van der Waals surface area contributed by atoms with Crippen LogP contribution < -0.4 is 14.8 Å². The van der Waals surface area contributed by atoms with Crippen molar-refractivity contribution in [1.29, 1.82) is 0 Å². The molecular weight excluding hydrogens is 424 g/mol. The quantitative estimate of drug-likeness (QED) is 0.496. The van der Waals surface area contributed by atoms with Crippen molar-refractivity contribution in [2.75, 3.05) is 19.0 Å². The number of anilines is 2. The number of carbonyl (C=O) groups is 1. The van der Waals surface area contributed by atoms with Gasteiger partial charge in [0.1, 0.15) is 18.5 Å². The van der Waals surface area contributed by atoms with Gasteiger partial charge < -0.3 is 19.5 Å². The molecule has 0 aliphatic heterocycles. The monoisotopic (exact) mass is 447 g/mol. The molecule has 2 aromatic heterocycles. The third-order valence-electron chi connectivity index (χ3n) is 4.55. The molecule has 1 N–H and O–H groups in total. The normalized spacial score (nSPS) is 11.7. The zero-order chi connectivity index (χ0) is 23.3. The predicted molar refractivity (Wildman–Crippen MR) is 111 cm³/mol. The van der Waals surface area contributed by atoms with Gasteiger partial charge in [0.25, 0.3) is 0 Å². The number of ether oxygens (including phenoxy) is 3. The molecule has 0 amide bonds. The summed E-state index contributed by atoms with van der Waals surface area (Å²) in [4.78, 5) is 20.0. The molecular formula is C21H23F2N5O4. The molecule has 0 fully saturated rings. The Morgan fingerprint density at radius 2 is 1.94 bits per heavy atom. The molecule has 11 heteroatoms. The van der Waals surface area contributed by atoms with Crippen LogP contribution in [0.1, 0.15) is 31.0 Å². The number of rotatable bonds is 9. The first-order chi connectivity index (χ1) is 15.3. The summed E-state index contributed by atoms with van der Waals surface area (Å²) in [5, 5.41) is 7.07. The number of nitrogens with one attached hydrogen (secondary N) is 1. The van der Waals surface area contributed by atoms with Crippen molar-refractivity contribution in [3.8, 4) is 11.5 Å². The Morgan fingerprint density at radius 3 is 2.59 bits per heavy atom. The van der Waals surface area contributed by atoms with Crippen LogP contribution >= 0.6 is 0 Å². The number of hydrogen-bond acceptors (Lipinski definition) is 8.